The van der Waals surface area contributed by atoms with Crippen molar-refractivity contribution in [3.05, 3.63) is 59.2 Å². The van der Waals surface area contributed by atoms with E-state index in [1.165, 1.54) is 24.3 Å². The fourth-order valence-electron chi connectivity index (χ4n) is 1.66. The molecule has 100 valence electrons. The molecule has 0 aliphatic carbocycles. The number of halogens is 2. The molecule has 0 amide bonds. The number of benzene rings is 2. The molecule has 0 saturated heterocycles. The fraction of sp³-hybridized carbons (Fsp3) is 0.200. The first-order valence-electron chi connectivity index (χ1n) is 5.89. The fourth-order valence-corrected chi connectivity index (χ4v) is 1.66. The summed E-state index contributed by atoms with van der Waals surface area (Å²) in [7, 11) is 0. The Morgan fingerprint density at radius 2 is 1.79 bits per heavy atom. The van der Waals surface area contributed by atoms with Crippen LogP contribution in [0.5, 0.6) is 11.5 Å². The molecular formula is C15H14F2O2. The van der Waals surface area contributed by atoms with Gasteiger partial charge in [-0.15, -0.1) is 0 Å². The van der Waals surface area contributed by atoms with E-state index < -0.39 is 17.7 Å². The van der Waals surface area contributed by atoms with Gasteiger partial charge in [0.05, 0.1) is 6.10 Å². The van der Waals surface area contributed by atoms with Gasteiger partial charge in [0.25, 0.3) is 0 Å². The van der Waals surface area contributed by atoms with Gasteiger partial charge >= 0.3 is 0 Å². The van der Waals surface area contributed by atoms with Gasteiger partial charge in [0, 0.05) is 6.07 Å². The van der Waals surface area contributed by atoms with Crippen LogP contribution in [0.1, 0.15) is 24.2 Å². The second kappa shape index (κ2) is 5.36. The third-order valence-electron chi connectivity index (χ3n) is 2.81. The molecule has 2 aromatic rings. The monoisotopic (exact) mass is 264 g/mol. The first kappa shape index (κ1) is 13.5. The minimum atomic E-state index is -0.751. The summed E-state index contributed by atoms with van der Waals surface area (Å²) in [6.45, 7) is 3.29. The normalized spacial score (nSPS) is 12.3. The maximum Gasteiger partial charge on any atom is 0.166 e. The Morgan fingerprint density at radius 3 is 2.42 bits per heavy atom. The number of hydrogen-bond acceptors (Lipinski definition) is 2. The molecule has 19 heavy (non-hydrogen) atoms. The Morgan fingerprint density at radius 1 is 1.05 bits per heavy atom. The van der Waals surface area contributed by atoms with Crippen molar-refractivity contribution in [2.45, 2.75) is 20.0 Å². The van der Waals surface area contributed by atoms with E-state index in [0.29, 0.717) is 11.1 Å². The second-order valence-corrected chi connectivity index (χ2v) is 4.38. The standard InChI is InChI=1S/C15H14F2O2/c1-9-3-5-12(16)8-15(9)19-14-6-4-11(10(2)18)7-13(14)17/h3-8,10,18H,1-2H3. The van der Waals surface area contributed by atoms with Crippen molar-refractivity contribution in [1.29, 1.82) is 0 Å². The van der Waals surface area contributed by atoms with Gasteiger partial charge in [0.1, 0.15) is 11.6 Å². The maximum absolute atomic E-state index is 13.8. The number of ether oxygens (including phenoxy) is 1. The van der Waals surface area contributed by atoms with E-state index in [4.69, 9.17) is 4.74 Å². The molecule has 0 bridgehead atoms. The first-order chi connectivity index (χ1) is 8.97. The summed E-state index contributed by atoms with van der Waals surface area (Å²) in [6.07, 6.45) is -0.751. The predicted octanol–water partition coefficient (Wildman–Crippen LogP) is 4.12. The van der Waals surface area contributed by atoms with Crippen molar-refractivity contribution >= 4 is 0 Å². The van der Waals surface area contributed by atoms with E-state index in [1.54, 1.807) is 26.0 Å². The summed E-state index contributed by atoms with van der Waals surface area (Å²) in [6, 6.07) is 8.27. The van der Waals surface area contributed by atoms with E-state index in [1.807, 2.05) is 0 Å². The Balaban J connectivity index is 2.31. The van der Waals surface area contributed by atoms with Crippen molar-refractivity contribution in [1.82, 2.24) is 0 Å². The van der Waals surface area contributed by atoms with Crippen LogP contribution in [0.4, 0.5) is 8.78 Å². The molecule has 0 fully saturated rings. The van der Waals surface area contributed by atoms with E-state index >= 15 is 0 Å². The minimum Gasteiger partial charge on any atom is -0.454 e. The molecule has 0 saturated carbocycles. The summed E-state index contributed by atoms with van der Waals surface area (Å²) >= 11 is 0. The molecule has 1 atom stereocenters. The third-order valence-corrected chi connectivity index (χ3v) is 2.81. The third kappa shape index (κ3) is 3.09. The lowest BCUT2D eigenvalue weighted by molar-refractivity contribution is 0.198. The zero-order chi connectivity index (χ0) is 14.0. The van der Waals surface area contributed by atoms with Gasteiger partial charge < -0.3 is 9.84 Å². The number of aryl methyl sites for hydroxylation is 1. The summed E-state index contributed by atoms with van der Waals surface area (Å²) < 4.78 is 32.3. The minimum absolute atomic E-state index is 0.00176. The van der Waals surface area contributed by atoms with Crippen molar-refractivity contribution in [3.8, 4) is 11.5 Å². The van der Waals surface area contributed by atoms with Gasteiger partial charge in [-0.1, -0.05) is 12.1 Å². The Bertz CT molecular complexity index is 595. The molecular weight excluding hydrogens is 250 g/mol. The topological polar surface area (TPSA) is 29.5 Å². The summed E-state index contributed by atoms with van der Waals surface area (Å²) in [4.78, 5) is 0. The molecule has 2 nitrogen and oxygen atoms in total. The predicted molar refractivity (Wildman–Crippen MR) is 68.2 cm³/mol. The highest BCUT2D eigenvalue weighted by molar-refractivity contribution is 5.39. The number of rotatable bonds is 3. The highest BCUT2D eigenvalue weighted by Crippen LogP contribution is 2.29. The van der Waals surface area contributed by atoms with E-state index in [9.17, 15) is 13.9 Å². The summed E-state index contributed by atoms with van der Waals surface area (Å²) in [5.41, 5.74) is 1.17. The molecule has 0 radical (unpaired) electrons. The Labute approximate surface area is 110 Å². The van der Waals surface area contributed by atoms with Crippen LogP contribution in [0.15, 0.2) is 36.4 Å². The Kier molecular flexibility index (Phi) is 3.81. The number of hydrogen-bond donors (Lipinski definition) is 1. The van der Waals surface area contributed by atoms with E-state index in [0.717, 1.165) is 0 Å². The molecule has 1 N–H and O–H groups in total. The van der Waals surface area contributed by atoms with Crippen LogP contribution in [-0.4, -0.2) is 5.11 Å². The van der Waals surface area contributed by atoms with Crippen molar-refractivity contribution in [3.63, 3.8) is 0 Å². The van der Waals surface area contributed by atoms with E-state index in [2.05, 4.69) is 0 Å². The average molecular weight is 264 g/mol. The lowest BCUT2D eigenvalue weighted by Gasteiger charge is -2.11. The van der Waals surface area contributed by atoms with E-state index in [-0.39, 0.29) is 11.5 Å². The lowest BCUT2D eigenvalue weighted by Crippen LogP contribution is -1.95. The van der Waals surface area contributed by atoms with Crippen LogP contribution < -0.4 is 4.74 Å². The molecule has 2 rings (SSSR count). The average Bonchev–Trinajstić information content (AvgIpc) is 2.36. The highest BCUT2D eigenvalue weighted by Gasteiger charge is 2.10. The van der Waals surface area contributed by atoms with Gasteiger partial charge in [-0.2, -0.15) is 0 Å². The molecule has 0 heterocycles. The molecule has 2 aromatic carbocycles. The van der Waals surface area contributed by atoms with Gasteiger partial charge in [-0.05, 0) is 43.2 Å². The van der Waals surface area contributed by atoms with Crippen LogP contribution in [0.3, 0.4) is 0 Å². The van der Waals surface area contributed by atoms with Crippen LogP contribution in [0.25, 0.3) is 0 Å². The molecule has 0 spiro atoms. The van der Waals surface area contributed by atoms with Gasteiger partial charge in [0.2, 0.25) is 0 Å². The molecule has 0 aliphatic heterocycles. The number of aliphatic hydroxyl groups is 1. The SMILES string of the molecule is Cc1ccc(F)cc1Oc1ccc(C(C)O)cc1F. The maximum atomic E-state index is 13.8. The largest absolute Gasteiger partial charge is 0.454 e. The summed E-state index contributed by atoms with van der Waals surface area (Å²) in [5, 5.41) is 9.35. The smallest absolute Gasteiger partial charge is 0.166 e. The van der Waals surface area contributed by atoms with Gasteiger partial charge in [-0.25, -0.2) is 8.78 Å². The van der Waals surface area contributed by atoms with Crippen LogP contribution >= 0.6 is 0 Å². The van der Waals surface area contributed by atoms with Crippen molar-refractivity contribution in [2.24, 2.45) is 0 Å². The van der Waals surface area contributed by atoms with Crippen LogP contribution in [0.2, 0.25) is 0 Å². The summed E-state index contributed by atoms with van der Waals surface area (Å²) in [5.74, 6) is -0.773. The zero-order valence-corrected chi connectivity index (χ0v) is 10.7. The molecule has 0 aromatic heterocycles. The zero-order valence-electron chi connectivity index (χ0n) is 10.7. The quantitative estimate of drug-likeness (QED) is 0.903. The Hall–Kier alpha value is -1.94. The lowest BCUT2D eigenvalue weighted by atomic mass is 10.1. The van der Waals surface area contributed by atoms with Crippen LogP contribution in [0, 0.1) is 18.6 Å². The second-order valence-electron chi connectivity index (χ2n) is 4.38. The van der Waals surface area contributed by atoms with Crippen LogP contribution in [-0.2, 0) is 0 Å². The van der Waals surface area contributed by atoms with Gasteiger partial charge in [0.15, 0.2) is 11.6 Å². The van der Waals surface area contributed by atoms with Gasteiger partial charge in [-0.3, -0.25) is 0 Å². The molecule has 0 aliphatic rings. The molecule has 4 heteroatoms. The van der Waals surface area contributed by atoms with Crippen molar-refractivity contribution < 1.29 is 18.6 Å². The molecule has 1 unspecified atom stereocenters. The van der Waals surface area contributed by atoms with Crippen molar-refractivity contribution in [2.75, 3.05) is 0 Å². The number of aliphatic hydroxyl groups excluding tert-OH is 1. The first-order valence-corrected chi connectivity index (χ1v) is 5.89. The highest BCUT2D eigenvalue weighted by atomic mass is 19.1.